The van der Waals surface area contributed by atoms with Crippen LogP contribution in [0, 0.1) is 18.3 Å². The predicted molar refractivity (Wildman–Crippen MR) is 40.4 cm³/mol. The van der Waals surface area contributed by atoms with Crippen LogP contribution in [-0.4, -0.2) is 5.92 Å². The van der Waals surface area contributed by atoms with Gasteiger partial charge in [0, 0.05) is 18.8 Å². The first kappa shape index (κ1) is 8.52. The summed E-state index contributed by atoms with van der Waals surface area (Å²) < 4.78 is 25.6. The smallest absolute Gasteiger partial charge is 0.207 e. The molecule has 0 heterocycles. The van der Waals surface area contributed by atoms with E-state index in [4.69, 9.17) is 6.42 Å². The Bertz CT molecular complexity index is 167. The van der Waals surface area contributed by atoms with Gasteiger partial charge in [-0.2, -0.15) is 0 Å². The Hall–Kier alpha value is -0.580. The van der Waals surface area contributed by atoms with Gasteiger partial charge in [0.2, 0.25) is 5.92 Å². The molecule has 11 heavy (non-hydrogen) atoms. The third kappa shape index (κ3) is 2.49. The van der Waals surface area contributed by atoms with Crippen LogP contribution in [0.1, 0.15) is 32.1 Å². The minimum Gasteiger partial charge on any atom is -0.207 e. The molecule has 1 atom stereocenters. The van der Waals surface area contributed by atoms with Gasteiger partial charge >= 0.3 is 0 Å². The van der Waals surface area contributed by atoms with E-state index in [2.05, 4.69) is 5.92 Å². The summed E-state index contributed by atoms with van der Waals surface area (Å²) in [6, 6.07) is 0. The molecule has 62 valence electrons. The molecule has 0 saturated heterocycles. The summed E-state index contributed by atoms with van der Waals surface area (Å²) in [5.41, 5.74) is 0. The molecule has 1 aliphatic rings. The van der Waals surface area contributed by atoms with Gasteiger partial charge in [0.1, 0.15) is 0 Å². The summed E-state index contributed by atoms with van der Waals surface area (Å²) in [4.78, 5) is 0. The predicted octanol–water partition coefficient (Wildman–Crippen LogP) is 2.84. The lowest BCUT2D eigenvalue weighted by molar-refractivity contribution is -0.0198. The largest absolute Gasteiger partial charge is 0.249 e. The van der Waals surface area contributed by atoms with Gasteiger partial charge in [0.15, 0.2) is 0 Å². The van der Waals surface area contributed by atoms with Crippen molar-refractivity contribution in [2.24, 2.45) is 5.92 Å². The molecule has 1 aliphatic carbocycles. The lowest BCUT2D eigenvalue weighted by atomic mass is 10.0. The minimum absolute atomic E-state index is 0.0190. The van der Waals surface area contributed by atoms with Gasteiger partial charge in [-0.15, -0.1) is 12.3 Å². The fourth-order valence-electron chi connectivity index (χ4n) is 1.48. The van der Waals surface area contributed by atoms with Crippen LogP contribution in [0.4, 0.5) is 8.78 Å². The quantitative estimate of drug-likeness (QED) is 0.375. The maximum Gasteiger partial charge on any atom is 0.249 e. The Morgan fingerprint density at radius 1 is 1.36 bits per heavy atom. The van der Waals surface area contributed by atoms with Gasteiger partial charge in [0.05, 0.1) is 0 Å². The third-order valence-electron chi connectivity index (χ3n) is 2.13. The Morgan fingerprint density at radius 3 is 2.73 bits per heavy atom. The summed E-state index contributed by atoms with van der Waals surface area (Å²) in [5, 5.41) is 0. The molecule has 0 aromatic carbocycles. The number of rotatable bonds is 0. The van der Waals surface area contributed by atoms with Crippen molar-refractivity contribution in [1.82, 2.24) is 0 Å². The number of hydrogen-bond acceptors (Lipinski definition) is 0. The van der Waals surface area contributed by atoms with E-state index < -0.39 is 5.92 Å². The normalized spacial score (nSPS) is 30.5. The van der Waals surface area contributed by atoms with Crippen LogP contribution in [0.3, 0.4) is 0 Å². The highest BCUT2D eigenvalue weighted by Gasteiger charge is 2.33. The maximum absolute atomic E-state index is 12.8. The van der Waals surface area contributed by atoms with Crippen molar-refractivity contribution in [3.63, 3.8) is 0 Å². The van der Waals surface area contributed by atoms with Crippen molar-refractivity contribution in [3.05, 3.63) is 0 Å². The minimum atomic E-state index is -2.51. The van der Waals surface area contributed by atoms with Gasteiger partial charge in [-0.05, 0) is 12.8 Å². The van der Waals surface area contributed by atoms with E-state index in [0.29, 0.717) is 6.42 Å². The van der Waals surface area contributed by atoms with Crippen LogP contribution < -0.4 is 0 Å². The van der Waals surface area contributed by atoms with E-state index in [1.807, 2.05) is 0 Å². The Kier molecular flexibility index (Phi) is 2.49. The standard InChI is InChI=1S/C9H12F2/c1-2-8-5-3-4-6-9(10,11)7-8/h1,8H,3-7H2. The molecule has 0 radical (unpaired) electrons. The molecule has 1 saturated carbocycles. The molecule has 0 N–H and O–H groups in total. The number of terminal acetylenes is 1. The number of alkyl halides is 2. The van der Waals surface area contributed by atoms with Crippen LogP contribution >= 0.6 is 0 Å². The molecule has 1 rings (SSSR count). The summed E-state index contributed by atoms with van der Waals surface area (Å²) in [5.74, 6) is -0.288. The van der Waals surface area contributed by atoms with Crippen LogP contribution in [0.2, 0.25) is 0 Å². The molecule has 0 spiro atoms. The zero-order chi connectivity index (χ0) is 8.32. The second-order valence-corrected chi connectivity index (χ2v) is 3.17. The van der Waals surface area contributed by atoms with Gasteiger partial charge in [-0.25, -0.2) is 8.78 Å². The molecule has 1 unspecified atom stereocenters. The number of halogens is 2. The molecule has 0 aliphatic heterocycles. The molecular weight excluding hydrogens is 146 g/mol. The first-order valence-electron chi connectivity index (χ1n) is 3.98. The van der Waals surface area contributed by atoms with E-state index in [0.717, 1.165) is 12.8 Å². The fourth-order valence-corrected chi connectivity index (χ4v) is 1.48. The van der Waals surface area contributed by atoms with Crippen LogP contribution in [0.5, 0.6) is 0 Å². The van der Waals surface area contributed by atoms with E-state index in [1.54, 1.807) is 0 Å². The Morgan fingerprint density at radius 2 is 2.09 bits per heavy atom. The summed E-state index contributed by atoms with van der Waals surface area (Å²) in [6.45, 7) is 0. The molecule has 0 aromatic rings. The average Bonchev–Trinajstić information content (AvgIpc) is 2.10. The first-order valence-corrected chi connectivity index (χ1v) is 3.98. The highest BCUT2D eigenvalue weighted by Crippen LogP contribution is 2.34. The van der Waals surface area contributed by atoms with Crippen LogP contribution in [-0.2, 0) is 0 Å². The van der Waals surface area contributed by atoms with Gasteiger partial charge in [-0.3, -0.25) is 0 Å². The van der Waals surface area contributed by atoms with Crippen molar-refractivity contribution in [2.75, 3.05) is 0 Å². The lowest BCUT2D eigenvalue weighted by Crippen LogP contribution is -2.17. The topological polar surface area (TPSA) is 0 Å². The van der Waals surface area contributed by atoms with Crippen molar-refractivity contribution in [3.8, 4) is 12.3 Å². The summed E-state index contributed by atoms with van der Waals surface area (Å²) in [6.07, 6.45) is 7.26. The third-order valence-corrected chi connectivity index (χ3v) is 2.13. The maximum atomic E-state index is 12.8. The van der Waals surface area contributed by atoms with E-state index >= 15 is 0 Å². The molecule has 0 aromatic heterocycles. The zero-order valence-electron chi connectivity index (χ0n) is 6.45. The van der Waals surface area contributed by atoms with Gasteiger partial charge in [-0.1, -0.05) is 6.42 Å². The first-order chi connectivity index (χ1) is 5.14. The van der Waals surface area contributed by atoms with Gasteiger partial charge < -0.3 is 0 Å². The Labute approximate surface area is 66.0 Å². The lowest BCUT2D eigenvalue weighted by Gasteiger charge is -2.14. The molecular formula is C9H12F2. The van der Waals surface area contributed by atoms with E-state index in [1.165, 1.54) is 0 Å². The number of hydrogen-bond donors (Lipinski definition) is 0. The van der Waals surface area contributed by atoms with Crippen molar-refractivity contribution in [2.45, 2.75) is 38.0 Å². The molecule has 0 bridgehead atoms. The average molecular weight is 158 g/mol. The summed E-state index contributed by atoms with van der Waals surface area (Å²) >= 11 is 0. The summed E-state index contributed by atoms with van der Waals surface area (Å²) in [7, 11) is 0. The highest BCUT2D eigenvalue weighted by atomic mass is 19.3. The Balaban J connectivity index is 2.55. The van der Waals surface area contributed by atoms with Crippen molar-refractivity contribution < 1.29 is 8.78 Å². The molecule has 2 heteroatoms. The van der Waals surface area contributed by atoms with Gasteiger partial charge in [0.25, 0.3) is 0 Å². The monoisotopic (exact) mass is 158 g/mol. The molecule has 0 amide bonds. The second kappa shape index (κ2) is 3.21. The van der Waals surface area contributed by atoms with Crippen molar-refractivity contribution in [1.29, 1.82) is 0 Å². The molecule has 1 fully saturated rings. The van der Waals surface area contributed by atoms with Crippen molar-refractivity contribution >= 4 is 0 Å². The van der Waals surface area contributed by atoms with Crippen LogP contribution in [0.25, 0.3) is 0 Å². The van der Waals surface area contributed by atoms with E-state index in [-0.39, 0.29) is 18.8 Å². The highest BCUT2D eigenvalue weighted by molar-refractivity contribution is 4.96. The SMILES string of the molecule is C#CC1CCCCC(F)(F)C1. The zero-order valence-corrected chi connectivity index (χ0v) is 6.45. The van der Waals surface area contributed by atoms with E-state index in [9.17, 15) is 8.78 Å². The second-order valence-electron chi connectivity index (χ2n) is 3.17. The van der Waals surface area contributed by atoms with Crippen LogP contribution in [0.15, 0.2) is 0 Å². The fraction of sp³-hybridized carbons (Fsp3) is 0.778. The molecule has 0 nitrogen and oxygen atoms in total.